The lowest BCUT2D eigenvalue weighted by atomic mass is 10.2. The van der Waals surface area contributed by atoms with E-state index in [1.807, 2.05) is 6.92 Å². The first-order valence-corrected chi connectivity index (χ1v) is 12.7. The number of nitrogens with zero attached hydrogens (tertiary/aromatic N) is 1. The van der Waals surface area contributed by atoms with Gasteiger partial charge < -0.3 is 5.32 Å². The molecule has 174 valence electrons. The molecule has 0 aliphatic carbocycles. The molecule has 5 nitrogen and oxygen atoms in total. The molecule has 0 aromatic heterocycles. The molecule has 0 fully saturated rings. The van der Waals surface area contributed by atoms with Crippen molar-refractivity contribution >= 4 is 62.3 Å². The second-order valence-electron chi connectivity index (χ2n) is 7.33. The van der Waals surface area contributed by atoms with E-state index in [0.717, 1.165) is 9.87 Å². The second kappa shape index (κ2) is 11.1. The fourth-order valence-corrected chi connectivity index (χ4v) is 5.32. The van der Waals surface area contributed by atoms with Crippen molar-refractivity contribution in [1.82, 2.24) is 9.62 Å². The molecule has 1 amide bonds. The molecule has 0 aliphatic rings. The van der Waals surface area contributed by atoms with Gasteiger partial charge in [-0.05, 0) is 54.4 Å². The van der Waals surface area contributed by atoms with Gasteiger partial charge in [0.25, 0.3) is 0 Å². The molecule has 10 heteroatoms. The van der Waals surface area contributed by atoms with Crippen molar-refractivity contribution in [2.45, 2.75) is 24.9 Å². The summed E-state index contributed by atoms with van der Waals surface area (Å²) in [5.41, 5.74) is 2.09. The van der Waals surface area contributed by atoms with Crippen molar-refractivity contribution in [3.05, 3.63) is 97.4 Å². The molecular formula is C23H20Cl4N2O3S. The summed E-state index contributed by atoms with van der Waals surface area (Å²) in [6, 6.07) is 16.1. The SMILES string of the molecule is Cc1ccc(S(=O)(=O)N(CC(=O)NCc2ccc(Cl)cc2Cl)Cc2ccc(Cl)cc2Cl)cc1. The normalized spacial score (nSPS) is 11.6. The van der Waals surface area contributed by atoms with Gasteiger partial charge in [0, 0.05) is 33.2 Å². The van der Waals surface area contributed by atoms with E-state index in [1.165, 1.54) is 18.2 Å². The molecule has 3 aromatic rings. The van der Waals surface area contributed by atoms with Crippen LogP contribution in [-0.4, -0.2) is 25.2 Å². The fourth-order valence-electron chi connectivity index (χ4n) is 3.00. The Morgan fingerprint density at radius 1 is 0.848 bits per heavy atom. The maximum atomic E-state index is 13.4. The van der Waals surface area contributed by atoms with Gasteiger partial charge in [0.2, 0.25) is 15.9 Å². The number of aryl methyl sites for hydroxylation is 1. The molecule has 0 unspecified atom stereocenters. The number of carbonyl (C=O) groups is 1. The van der Waals surface area contributed by atoms with Crippen LogP contribution in [0.15, 0.2) is 65.6 Å². The quantitative estimate of drug-likeness (QED) is 0.371. The molecule has 0 atom stereocenters. The van der Waals surface area contributed by atoms with Gasteiger partial charge in [0.05, 0.1) is 11.4 Å². The predicted octanol–water partition coefficient (Wildman–Crippen LogP) is 6.12. The Kier molecular flexibility index (Phi) is 8.67. The highest BCUT2D eigenvalue weighted by atomic mass is 35.5. The lowest BCUT2D eigenvalue weighted by molar-refractivity contribution is -0.121. The van der Waals surface area contributed by atoms with Crippen LogP contribution >= 0.6 is 46.4 Å². The Morgan fingerprint density at radius 3 is 1.94 bits per heavy atom. The Labute approximate surface area is 213 Å². The molecule has 0 saturated heterocycles. The summed E-state index contributed by atoms with van der Waals surface area (Å²) in [5, 5.41) is 4.32. The highest BCUT2D eigenvalue weighted by molar-refractivity contribution is 7.89. The van der Waals surface area contributed by atoms with Crippen LogP contribution < -0.4 is 5.32 Å². The summed E-state index contributed by atoms with van der Waals surface area (Å²) in [5.74, 6) is -0.498. The number of carbonyl (C=O) groups excluding carboxylic acids is 1. The number of hydrogen-bond acceptors (Lipinski definition) is 3. The second-order valence-corrected chi connectivity index (χ2v) is 11.0. The van der Waals surface area contributed by atoms with E-state index >= 15 is 0 Å². The highest BCUT2D eigenvalue weighted by Crippen LogP contribution is 2.25. The predicted molar refractivity (Wildman–Crippen MR) is 134 cm³/mol. The minimum atomic E-state index is -4.00. The van der Waals surface area contributed by atoms with Crippen LogP contribution in [0.3, 0.4) is 0 Å². The molecule has 0 radical (unpaired) electrons. The van der Waals surface area contributed by atoms with Gasteiger partial charge in [0.15, 0.2) is 0 Å². The van der Waals surface area contributed by atoms with Gasteiger partial charge in [-0.1, -0.05) is 76.2 Å². The van der Waals surface area contributed by atoms with Crippen molar-refractivity contribution in [1.29, 1.82) is 0 Å². The van der Waals surface area contributed by atoms with E-state index in [1.54, 1.807) is 42.5 Å². The average molecular weight is 546 g/mol. The van der Waals surface area contributed by atoms with E-state index < -0.39 is 22.5 Å². The number of benzene rings is 3. The Hall–Kier alpha value is -1.80. The maximum absolute atomic E-state index is 13.4. The number of rotatable bonds is 8. The van der Waals surface area contributed by atoms with Crippen LogP contribution in [0.25, 0.3) is 0 Å². The Bertz CT molecular complexity index is 1270. The first-order chi connectivity index (χ1) is 15.6. The van der Waals surface area contributed by atoms with E-state index in [2.05, 4.69) is 5.32 Å². The summed E-state index contributed by atoms with van der Waals surface area (Å²) >= 11 is 24.3. The molecule has 0 saturated carbocycles. The third kappa shape index (κ3) is 6.85. The van der Waals surface area contributed by atoms with Gasteiger partial charge in [-0.3, -0.25) is 4.79 Å². The molecule has 33 heavy (non-hydrogen) atoms. The van der Waals surface area contributed by atoms with Gasteiger partial charge in [-0.15, -0.1) is 0 Å². The van der Waals surface area contributed by atoms with Gasteiger partial charge >= 0.3 is 0 Å². The summed E-state index contributed by atoms with van der Waals surface area (Å²) < 4.78 is 27.8. The zero-order chi connectivity index (χ0) is 24.2. The highest BCUT2D eigenvalue weighted by Gasteiger charge is 2.27. The average Bonchev–Trinajstić information content (AvgIpc) is 2.74. The van der Waals surface area contributed by atoms with Crippen LogP contribution in [0.1, 0.15) is 16.7 Å². The molecular weight excluding hydrogens is 526 g/mol. The van der Waals surface area contributed by atoms with Gasteiger partial charge in [0.1, 0.15) is 0 Å². The molecule has 3 rings (SSSR count). The number of halogens is 4. The first-order valence-electron chi connectivity index (χ1n) is 9.77. The summed E-state index contributed by atoms with van der Waals surface area (Å²) in [7, 11) is -4.00. The molecule has 3 aromatic carbocycles. The van der Waals surface area contributed by atoms with E-state index in [-0.39, 0.29) is 18.0 Å². The molecule has 0 heterocycles. The molecule has 0 bridgehead atoms. The van der Waals surface area contributed by atoms with Crippen molar-refractivity contribution in [3.63, 3.8) is 0 Å². The first kappa shape index (κ1) is 25.8. The third-order valence-corrected chi connectivity index (χ3v) is 7.81. The standard InChI is InChI=1S/C23H20Cl4N2O3S/c1-15-2-8-20(9-3-15)33(31,32)29(13-17-5-7-19(25)11-22(17)27)14-23(30)28-12-16-4-6-18(24)10-21(16)26/h2-11H,12-14H2,1H3,(H,28,30). The maximum Gasteiger partial charge on any atom is 0.243 e. The van der Waals surface area contributed by atoms with Crippen molar-refractivity contribution in [3.8, 4) is 0 Å². The largest absolute Gasteiger partial charge is 0.351 e. The van der Waals surface area contributed by atoms with E-state index in [4.69, 9.17) is 46.4 Å². The fraction of sp³-hybridized carbons (Fsp3) is 0.174. The number of nitrogens with one attached hydrogen (secondary N) is 1. The topological polar surface area (TPSA) is 66.5 Å². The monoisotopic (exact) mass is 544 g/mol. The summed E-state index contributed by atoms with van der Waals surface area (Å²) in [6.07, 6.45) is 0. The van der Waals surface area contributed by atoms with E-state index in [9.17, 15) is 13.2 Å². The van der Waals surface area contributed by atoms with Crippen LogP contribution in [0.2, 0.25) is 20.1 Å². The minimum absolute atomic E-state index is 0.0757. The van der Waals surface area contributed by atoms with Crippen LogP contribution in [0.4, 0.5) is 0 Å². The van der Waals surface area contributed by atoms with Gasteiger partial charge in [-0.25, -0.2) is 8.42 Å². The van der Waals surface area contributed by atoms with Crippen LogP contribution in [0.5, 0.6) is 0 Å². The molecule has 0 spiro atoms. The zero-order valence-electron chi connectivity index (χ0n) is 17.5. The number of hydrogen-bond donors (Lipinski definition) is 1. The third-order valence-electron chi connectivity index (χ3n) is 4.83. The number of amides is 1. The van der Waals surface area contributed by atoms with Crippen LogP contribution in [0, 0.1) is 6.92 Å². The van der Waals surface area contributed by atoms with E-state index in [0.29, 0.717) is 31.2 Å². The minimum Gasteiger partial charge on any atom is -0.351 e. The molecule has 0 aliphatic heterocycles. The Balaban J connectivity index is 1.84. The summed E-state index contributed by atoms with van der Waals surface area (Å²) in [6.45, 7) is 1.45. The summed E-state index contributed by atoms with van der Waals surface area (Å²) in [4.78, 5) is 12.8. The Morgan fingerprint density at radius 2 is 1.39 bits per heavy atom. The lowest BCUT2D eigenvalue weighted by Crippen LogP contribution is -2.40. The van der Waals surface area contributed by atoms with Crippen molar-refractivity contribution < 1.29 is 13.2 Å². The van der Waals surface area contributed by atoms with Gasteiger partial charge in [-0.2, -0.15) is 4.31 Å². The van der Waals surface area contributed by atoms with Crippen molar-refractivity contribution in [2.75, 3.05) is 6.54 Å². The molecule has 1 N–H and O–H groups in total. The smallest absolute Gasteiger partial charge is 0.243 e. The lowest BCUT2D eigenvalue weighted by Gasteiger charge is -2.23. The van der Waals surface area contributed by atoms with Crippen molar-refractivity contribution in [2.24, 2.45) is 0 Å². The van der Waals surface area contributed by atoms with Crippen LogP contribution in [-0.2, 0) is 27.9 Å². The zero-order valence-corrected chi connectivity index (χ0v) is 21.3. The number of sulfonamides is 1.